The van der Waals surface area contributed by atoms with Gasteiger partial charge < -0.3 is 4.90 Å². The van der Waals surface area contributed by atoms with Gasteiger partial charge >= 0.3 is 0 Å². The lowest BCUT2D eigenvalue weighted by molar-refractivity contribution is 0.0716. The molecule has 112 valence electrons. The van der Waals surface area contributed by atoms with Crippen LogP contribution < -0.4 is 0 Å². The second-order valence-corrected chi connectivity index (χ2v) is 6.48. The zero-order chi connectivity index (χ0) is 14.9. The molecule has 0 spiro atoms. The van der Waals surface area contributed by atoms with Crippen molar-refractivity contribution in [2.45, 2.75) is 18.8 Å². The maximum absolute atomic E-state index is 12.4. The Morgan fingerprint density at radius 2 is 2.00 bits per heavy atom. The van der Waals surface area contributed by atoms with E-state index < -0.39 is 0 Å². The molecule has 4 heterocycles. The molecule has 1 aliphatic heterocycles. The van der Waals surface area contributed by atoms with E-state index in [0.717, 1.165) is 42.3 Å². The smallest absolute Gasteiger partial charge is 0.263 e. The average Bonchev–Trinajstić information content (AvgIpc) is 3.24. The second-order valence-electron chi connectivity index (χ2n) is 5.53. The monoisotopic (exact) mass is 312 g/mol. The van der Waals surface area contributed by atoms with Crippen LogP contribution in [0.1, 0.15) is 34.3 Å². The van der Waals surface area contributed by atoms with E-state index in [1.165, 1.54) is 11.3 Å². The molecule has 1 saturated heterocycles. The summed E-state index contributed by atoms with van der Waals surface area (Å²) in [6, 6.07) is 9.75. The molecule has 3 aromatic rings. The Hall–Kier alpha value is -2.21. The molecule has 3 aromatic heterocycles. The fourth-order valence-electron chi connectivity index (χ4n) is 3.04. The van der Waals surface area contributed by atoms with E-state index in [1.54, 1.807) is 0 Å². The van der Waals surface area contributed by atoms with Gasteiger partial charge in [0.1, 0.15) is 5.82 Å². The van der Waals surface area contributed by atoms with Crippen molar-refractivity contribution in [3.05, 3.63) is 52.6 Å². The Kier molecular flexibility index (Phi) is 3.38. The Morgan fingerprint density at radius 3 is 2.77 bits per heavy atom. The molecule has 0 atom stereocenters. The zero-order valence-electron chi connectivity index (χ0n) is 12.1. The maximum atomic E-state index is 12.4. The molecule has 1 fully saturated rings. The van der Waals surface area contributed by atoms with Crippen molar-refractivity contribution in [3.8, 4) is 0 Å². The van der Waals surface area contributed by atoms with Gasteiger partial charge in [-0.1, -0.05) is 12.1 Å². The Bertz CT molecular complexity index is 787. The molecular weight excluding hydrogens is 296 g/mol. The number of rotatable bonds is 2. The molecule has 0 unspecified atom stereocenters. The van der Waals surface area contributed by atoms with Crippen molar-refractivity contribution in [2.75, 3.05) is 13.1 Å². The van der Waals surface area contributed by atoms with E-state index >= 15 is 0 Å². The average molecular weight is 312 g/mol. The summed E-state index contributed by atoms with van der Waals surface area (Å²) in [5.74, 6) is 1.53. The van der Waals surface area contributed by atoms with Crippen LogP contribution in [0, 0.1) is 0 Å². The van der Waals surface area contributed by atoms with Gasteiger partial charge in [-0.05, 0) is 36.4 Å². The quantitative estimate of drug-likeness (QED) is 0.731. The first kappa shape index (κ1) is 13.5. The third-order valence-corrected chi connectivity index (χ3v) is 5.08. The molecule has 0 bridgehead atoms. The highest BCUT2D eigenvalue weighted by Gasteiger charge is 2.27. The number of nitrogens with zero attached hydrogens (tertiary/aromatic N) is 4. The van der Waals surface area contributed by atoms with Crippen LogP contribution in [0.15, 0.2) is 41.9 Å². The number of amides is 1. The lowest BCUT2D eigenvalue weighted by Crippen LogP contribution is -2.37. The highest BCUT2D eigenvalue weighted by atomic mass is 32.1. The summed E-state index contributed by atoms with van der Waals surface area (Å²) in [5, 5.41) is 10.5. The fraction of sp³-hybridized carbons (Fsp3) is 0.312. The molecule has 0 N–H and O–H groups in total. The van der Waals surface area contributed by atoms with Gasteiger partial charge in [-0.2, -0.15) is 0 Å². The zero-order valence-corrected chi connectivity index (χ0v) is 12.9. The molecule has 0 saturated carbocycles. The third-order valence-electron chi connectivity index (χ3n) is 4.22. The Balaban J connectivity index is 1.49. The van der Waals surface area contributed by atoms with Gasteiger partial charge in [-0.15, -0.1) is 21.5 Å². The summed E-state index contributed by atoms with van der Waals surface area (Å²) >= 11 is 1.51. The first-order valence-corrected chi connectivity index (χ1v) is 8.33. The number of piperidine rings is 1. The van der Waals surface area contributed by atoms with Gasteiger partial charge in [-0.3, -0.25) is 9.20 Å². The van der Waals surface area contributed by atoms with Gasteiger partial charge in [-0.25, -0.2) is 0 Å². The van der Waals surface area contributed by atoms with Gasteiger partial charge in [0.05, 0.1) is 4.88 Å². The molecule has 0 aliphatic carbocycles. The largest absolute Gasteiger partial charge is 0.338 e. The second kappa shape index (κ2) is 5.53. The summed E-state index contributed by atoms with van der Waals surface area (Å²) in [4.78, 5) is 15.1. The van der Waals surface area contributed by atoms with Crippen LogP contribution in [0.2, 0.25) is 0 Å². The predicted molar refractivity (Wildman–Crippen MR) is 85.2 cm³/mol. The van der Waals surface area contributed by atoms with E-state index in [-0.39, 0.29) is 5.91 Å². The Morgan fingerprint density at radius 1 is 1.14 bits per heavy atom. The molecule has 0 radical (unpaired) electrons. The molecule has 6 heteroatoms. The van der Waals surface area contributed by atoms with E-state index in [2.05, 4.69) is 14.6 Å². The summed E-state index contributed by atoms with van der Waals surface area (Å²) in [5.41, 5.74) is 0.884. The van der Waals surface area contributed by atoms with Crippen LogP contribution in [-0.2, 0) is 0 Å². The van der Waals surface area contributed by atoms with Crippen molar-refractivity contribution in [3.63, 3.8) is 0 Å². The van der Waals surface area contributed by atoms with Crippen molar-refractivity contribution < 1.29 is 4.79 Å². The molecule has 1 amide bonds. The number of thiophene rings is 1. The van der Waals surface area contributed by atoms with Gasteiger partial charge in [0.25, 0.3) is 5.91 Å². The third kappa shape index (κ3) is 2.29. The molecule has 1 aliphatic rings. The summed E-state index contributed by atoms with van der Waals surface area (Å²) in [6.45, 7) is 1.56. The van der Waals surface area contributed by atoms with Crippen LogP contribution in [0.25, 0.3) is 5.65 Å². The molecule has 5 nitrogen and oxygen atoms in total. The minimum Gasteiger partial charge on any atom is -0.338 e. The lowest BCUT2D eigenvalue weighted by atomic mass is 9.96. The van der Waals surface area contributed by atoms with E-state index in [9.17, 15) is 4.79 Å². The first-order chi connectivity index (χ1) is 10.8. The topological polar surface area (TPSA) is 50.5 Å². The molecule has 22 heavy (non-hydrogen) atoms. The normalized spacial score (nSPS) is 16.3. The van der Waals surface area contributed by atoms with Crippen molar-refractivity contribution in [2.24, 2.45) is 0 Å². The fourth-order valence-corrected chi connectivity index (χ4v) is 3.73. The van der Waals surface area contributed by atoms with Crippen molar-refractivity contribution in [1.82, 2.24) is 19.5 Å². The van der Waals surface area contributed by atoms with Gasteiger partial charge in [0, 0.05) is 25.2 Å². The number of likely N-dealkylation sites (tertiary alicyclic amines) is 1. The minimum atomic E-state index is 0.152. The first-order valence-electron chi connectivity index (χ1n) is 7.45. The van der Waals surface area contributed by atoms with Crippen LogP contribution in [-0.4, -0.2) is 38.5 Å². The van der Waals surface area contributed by atoms with E-state index in [0.29, 0.717) is 5.92 Å². The van der Waals surface area contributed by atoms with E-state index in [1.807, 2.05) is 46.8 Å². The SMILES string of the molecule is O=C(c1cccs1)N1CCC(c2nnc3ccccn23)CC1. The highest BCUT2D eigenvalue weighted by Crippen LogP contribution is 2.28. The molecular formula is C16H16N4OS. The summed E-state index contributed by atoms with van der Waals surface area (Å²) in [7, 11) is 0. The summed E-state index contributed by atoms with van der Waals surface area (Å²) < 4.78 is 2.06. The van der Waals surface area contributed by atoms with Gasteiger partial charge in [0.2, 0.25) is 0 Å². The number of carbonyl (C=O) groups excluding carboxylic acids is 1. The van der Waals surface area contributed by atoms with Crippen LogP contribution in [0.4, 0.5) is 0 Å². The Labute approximate surface area is 132 Å². The summed E-state index contributed by atoms with van der Waals surface area (Å²) in [6.07, 6.45) is 3.88. The number of carbonyl (C=O) groups is 1. The van der Waals surface area contributed by atoms with E-state index in [4.69, 9.17) is 0 Å². The molecule has 0 aromatic carbocycles. The minimum absolute atomic E-state index is 0.152. The predicted octanol–water partition coefficient (Wildman–Crippen LogP) is 2.81. The van der Waals surface area contributed by atoms with Gasteiger partial charge in [0.15, 0.2) is 5.65 Å². The van der Waals surface area contributed by atoms with Crippen LogP contribution in [0.3, 0.4) is 0 Å². The number of hydrogen-bond acceptors (Lipinski definition) is 4. The number of hydrogen-bond donors (Lipinski definition) is 0. The maximum Gasteiger partial charge on any atom is 0.263 e. The number of aromatic nitrogens is 3. The van der Waals surface area contributed by atoms with Crippen LogP contribution >= 0.6 is 11.3 Å². The molecule has 4 rings (SSSR count). The highest BCUT2D eigenvalue weighted by molar-refractivity contribution is 7.12. The number of fused-ring (bicyclic) bond motifs is 1. The van der Waals surface area contributed by atoms with Crippen molar-refractivity contribution in [1.29, 1.82) is 0 Å². The lowest BCUT2D eigenvalue weighted by Gasteiger charge is -2.30. The standard InChI is InChI=1S/C16H16N4OS/c21-16(13-4-3-11-22-13)19-9-6-12(7-10-19)15-18-17-14-5-1-2-8-20(14)15/h1-5,8,11-12H,6-7,9-10H2. The number of pyridine rings is 1. The van der Waals surface area contributed by atoms with Crippen molar-refractivity contribution >= 4 is 22.9 Å². The van der Waals surface area contributed by atoms with Crippen LogP contribution in [0.5, 0.6) is 0 Å².